The molecule has 0 atom stereocenters. The maximum atomic E-state index is 10.6. The monoisotopic (exact) mass is 183 g/mol. The Bertz CT molecular complexity index is 312. The molecule has 0 aliphatic rings. The van der Waals surface area contributed by atoms with Crippen molar-refractivity contribution < 1.29 is 14.5 Å². The molecule has 0 unspecified atom stereocenters. The molecule has 0 amide bonds. The van der Waals surface area contributed by atoms with Crippen LogP contribution in [0.15, 0.2) is 23.2 Å². The second-order valence-electron chi connectivity index (χ2n) is 2.31. The van der Waals surface area contributed by atoms with Gasteiger partial charge in [-0.1, -0.05) is 0 Å². The number of carboxylic acids is 1. The lowest BCUT2D eigenvalue weighted by Gasteiger charge is -1.96. The summed E-state index contributed by atoms with van der Waals surface area (Å²) in [7, 11) is 1.70. The van der Waals surface area contributed by atoms with Crippen molar-refractivity contribution in [3.05, 3.63) is 30.3 Å². The van der Waals surface area contributed by atoms with Crippen LogP contribution in [0.1, 0.15) is 10.5 Å². The van der Waals surface area contributed by atoms with Gasteiger partial charge in [0.2, 0.25) is 0 Å². The van der Waals surface area contributed by atoms with E-state index in [-0.39, 0.29) is 5.69 Å². The van der Waals surface area contributed by atoms with E-state index in [1.807, 2.05) is 6.07 Å². The molecular formula is C8H9NO2S+. The number of nitrogens with zero attached hydrogens (tertiary/aromatic N) is 1. The summed E-state index contributed by atoms with van der Waals surface area (Å²) < 4.78 is 1.56. The summed E-state index contributed by atoms with van der Waals surface area (Å²) in [4.78, 5) is 11.5. The fourth-order valence-electron chi connectivity index (χ4n) is 0.853. The molecule has 63 valence electrons. The maximum Gasteiger partial charge on any atom is 0.401 e. The van der Waals surface area contributed by atoms with Gasteiger partial charge in [-0.05, 0) is 0 Å². The number of rotatable bonds is 2. The summed E-state index contributed by atoms with van der Waals surface area (Å²) in [6.07, 6.45) is 5.31. The van der Waals surface area contributed by atoms with Crippen molar-refractivity contribution in [2.24, 2.45) is 7.05 Å². The first-order valence-electron chi connectivity index (χ1n) is 3.30. The van der Waals surface area contributed by atoms with E-state index in [0.29, 0.717) is 0 Å². The summed E-state index contributed by atoms with van der Waals surface area (Å²) in [6, 6.07) is 3.42. The van der Waals surface area contributed by atoms with Gasteiger partial charge in [-0.3, -0.25) is 0 Å². The molecule has 12 heavy (non-hydrogen) atoms. The molecule has 0 aliphatic heterocycles. The zero-order chi connectivity index (χ0) is 9.14. The quantitative estimate of drug-likeness (QED) is 0.551. The number of carboxylic acid groups (broad SMARTS) is 1. The largest absolute Gasteiger partial charge is 0.473 e. The Hall–Kier alpha value is -1.03. The van der Waals surface area contributed by atoms with E-state index in [1.165, 1.54) is 11.8 Å². The van der Waals surface area contributed by atoms with Crippen LogP contribution in [0.3, 0.4) is 0 Å². The van der Waals surface area contributed by atoms with Gasteiger partial charge in [-0.15, -0.1) is 11.8 Å². The van der Waals surface area contributed by atoms with Crippen molar-refractivity contribution in [2.45, 2.75) is 4.90 Å². The van der Waals surface area contributed by atoms with Gasteiger partial charge in [0, 0.05) is 23.3 Å². The van der Waals surface area contributed by atoms with Crippen LogP contribution >= 0.6 is 11.8 Å². The van der Waals surface area contributed by atoms with E-state index >= 15 is 0 Å². The topological polar surface area (TPSA) is 41.2 Å². The average molecular weight is 183 g/mol. The van der Waals surface area contributed by atoms with Gasteiger partial charge in [0.1, 0.15) is 7.05 Å². The van der Waals surface area contributed by atoms with E-state index in [9.17, 15) is 4.79 Å². The SMILES string of the molecule is [CH2]Sc1cc[n+](C)c(C(=O)O)c1. The summed E-state index contributed by atoms with van der Waals surface area (Å²) in [5, 5.41) is 8.74. The molecule has 1 aromatic heterocycles. The third-order valence-electron chi connectivity index (χ3n) is 1.51. The van der Waals surface area contributed by atoms with E-state index < -0.39 is 5.97 Å². The van der Waals surface area contributed by atoms with Gasteiger partial charge >= 0.3 is 5.97 Å². The van der Waals surface area contributed by atoms with Crippen molar-refractivity contribution in [1.29, 1.82) is 0 Å². The number of aromatic nitrogens is 1. The Morgan fingerprint density at radius 2 is 2.42 bits per heavy atom. The molecule has 0 aliphatic carbocycles. The molecule has 3 nitrogen and oxygen atoms in total. The molecule has 4 heteroatoms. The van der Waals surface area contributed by atoms with Gasteiger partial charge in [0.15, 0.2) is 6.20 Å². The molecule has 0 fully saturated rings. The predicted molar refractivity (Wildman–Crippen MR) is 45.8 cm³/mol. The number of thioether (sulfide) groups is 1. The Balaban J connectivity index is 3.17. The summed E-state index contributed by atoms with van der Waals surface area (Å²) in [5.74, 6) is -0.923. The third-order valence-corrected chi connectivity index (χ3v) is 2.09. The van der Waals surface area contributed by atoms with Crippen LogP contribution in [0.2, 0.25) is 0 Å². The van der Waals surface area contributed by atoms with Gasteiger partial charge in [0.25, 0.3) is 5.69 Å². The van der Waals surface area contributed by atoms with E-state index in [4.69, 9.17) is 5.11 Å². The first kappa shape index (κ1) is 9.06. The average Bonchev–Trinajstić information content (AvgIpc) is 2.05. The zero-order valence-corrected chi connectivity index (χ0v) is 7.47. The van der Waals surface area contributed by atoms with Crippen molar-refractivity contribution in [3.8, 4) is 0 Å². The molecule has 0 bridgehead atoms. The number of pyridine rings is 1. The second-order valence-corrected chi connectivity index (χ2v) is 3.07. The maximum absolute atomic E-state index is 10.6. The van der Waals surface area contributed by atoms with E-state index in [1.54, 1.807) is 23.9 Å². The first-order valence-corrected chi connectivity index (χ1v) is 4.28. The standard InChI is InChI=1S/C8H8NO2S/c1-9-4-3-6(12-2)5-7(9)8(10)11/h3-5H,2H2,1H3/p+1. The fourth-order valence-corrected chi connectivity index (χ4v) is 1.20. The molecule has 1 N–H and O–H groups in total. The number of carbonyl (C=O) groups is 1. The zero-order valence-electron chi connectivity index (χ0n) is 6.65. The summed E-state index contributed by atoms with van der Waals surface area (Å²) in [5.41, 5.74) is 0.267. The van der Waals surface area contributed by atoms with Crippen LogP contribution in [0.5, 0.6) is 0 Å². The number of aryl methyl sites for hydroxylation is 1. The molecule has 1 aromatic rings. The lowest BCUT2D eigenvalue weighted by Crippen LogP contribution is -2.35. The van der Waals surface area contributed by atoms with Crippen LogP contribution in [-0.4, -0.2) is 11.1 Å². The number of hydrogen-bond donors (Lipinski definition) is 1. The molecule has 0 saturated heterocycles. The molecule has 1 heterocycles. The highest BCUT2D eigenvalue weighted by Crippen LogP contribution is 2.14. The first-order chi connectivity index (χ1) is 5.65. The Labute approximate surface area is 75.0 Å². The highest BCUT2D eigenvalue weighted by molar-refractivity contribution is 8.00. The smallest absolute Gasteiger partial charge is 0.401 e. The van der Waals surface area contributed by atoms with Crippen LogP contribution in [0.4, 0.5) is 0 Å². The minimum atomic E-state index is -0.923. The Morgan fingerprint density at radius 3 is 2.92 bits per heavy atom. The second kappa shape index (κ2) is 3.58. The van der Waals surface area contributed by atoms with Crippen LogP contribution in [-0.2, 0) is 7.05 Å². The molecule has 0 spiro atoms. The fraction of sp³-hybridized carbons (Fsp3) is 0.125. The molecule has 1 rings (SSSR count). The molecular weight excluding hydrogens is 174 g/mol. The van der Waals surface area contributed by atoms with Gasteiger partial charge in [-0.2, -0.15) is 4.57 Å². The third kappa shape index (κ3) is 1.76. The molecule has 1 radical (unpaired) electrons. The molecule has 0 aromatic carbocycles. The minimum absolute atomic E-state index is 0.267. The lowest BCUT2D eigenvalue weighted by molar-refractivity contribution is -0.674. The summed E-state index contributed by atoms with van der Waals surface area (Å²) in [6.45, 7) is 0. The Kier molecular flexibility index (Phi) is 2.70. The van der Waals surface area contributed by atoms with Gasteiger partial charge in [-0.25, -0.2) is 4.79 Å². The Morgan fingerprint density at radius 1 is 1.75 bits per heavy atom. The van der Waals surface area contributed by atoms with Crippen molar-refractivity contribution >= 4 is 17.7 Å². The number of aromatic carboxylic acids is 1. The molecule has 0 saturated carbocycles. The van der Waals surface area contributed by atoms with E-state index in [2.05, 4.69) is 6.26 Å². The number of hydrogen-bond acceptors (Lipinski definition) is 2. The highest BCUT2D eigenvalue weighted by Gasteiger charge is 2.14. The van der Waals surface area contributed by atoms with E-state index in [0.717, 1.165) is 4.90 Å². The summed E-state index contributed by atoms with van der Waals surface area (Å²) >= 11 is 1.28. The predicted octanol–water partition coefficient (Wildman–Crippen LogP) is 1.09. The van der Waals surface area contributed by atoms with Crippen LogP contribution in [0.25, 0.3) is 0 Å². The van der Waals surface area contributed by atoms with Gasteiger partial charge in [0.05, 0.1) is 0 Å². The van der Waals surface area contributed by atoms with Crippen molar-refractivity contribution in [3.63, 3.8) is 0 Å². The minimum Gasteiger partial charge on any atom is -0.473 e. The normalized spacial score (nSPS) is 9.83. The van der Waals surface area contributed by atoms with Crippen molar-refractivity contribution in [1.82, 2.24) is 0 Å². The van der Waals surface area contributed by atoms with Gasteiger partial charge < -0.3 is 5.11 Å². The lowest BCUT2D eigenvalue weighted by atomic mass is 10.3. The highest BCUT2D eigenvalue weighted by atomic mass is 32.2. The van der Waals surface area contributed by atoms with Crippen LogP contribution in [0, 0.1) is 6.26 Å². The van der Waals surface area contributed by atoms with Crippen LogP contribution < -0.4 is 4.57 Å². The van der Waals surface area contributed by atoms with Crippen molar-refractivity contribution in [2.75, 3.05) is 0 Å².